The minimum atomic E-state index is 0.157. The lowest BCUT2D eigenvalue weighted by atomic mass is 10.2. The van der Waals surface area contributed by atoms with Crippen molar-refractivity contribution < 1.29 is 9.84 Å². The molecule has 0 bridgehead atoms. The van der Waals surface area contributed by atoms with Crippen LogP contribution in [0.25, 0.3) is 10.9 Å². The molecule has 0 aliphatic carbocycles. The van der Waals surface area contributed by atoms with Crippen LogP contribution < -0.4 is 4.74 Å². The Kier molecular flexibility index (Phi) is 2.45. The van der Waals surface area contributed by atoms with Crippen molar-refractivity contribution in [2.45, 2.75) is 6.92 Å². The second kappa shape index (κ2) is 4.11. The molecule has 0 aliphatic rings. The van der Waals surface area contributed by atoms with E-state index in [4.69, 9.17) is 4.74 Å². The minimum Gasteiger partial charge on any atom is -0.504 e. The summed E-state index contributed by atoms with van der Waals surface area (Å²) < 4.78 is 5.68. The Morgan fingerprint density at radius 2 is 1.94 bits per heavy atom. The van der Waals surface area contributed by atoms with Gasteiger partial charge in [-0.2, -0.15) is 0 Å². The summed E-state index contributed by atoms with van der Waals surface area (Å²) in [6.07, 6.45) is 1.89. The third-order valence-electron chi connectivity index (χ3n) is 2.87. The van der Waals surface area contributed by atoms with Crippen LogP contribution in [-0.2, 0) is 0 Å². The minimum absolute atomic E-state index is 0.157. The van der Waals surface area contributed by atoms with Crippen LogP contribution in [0.2, 0.25) is 0 Å². The van der Waals surface area contributed by atoms with Gasteiger partial charge < -0.3 is 14.8 Å². The number of phenols is 1. The predicted octanol–water partition coefficient (Wildman–Crippen LogP) is 3.97. The molecule has 2 N–H and O–H groups in total. The Morgan fingerprint density at radius 3 is 2.78 bits per heavy atom. The van der Waals surface area contributed by atoms with E-state index in [-0.39, 0.29) is 5.75 Å². The number of fused-ring (bicyclic) bond motifs is 1. The summed E-state index contributed by atoms with van der Waals surface area (Å²) in [5.41, 5.74) is 2.07. The molecule has 18 heavy (non-hydrogen) atoms. The summed E-state index contributed by atoms with van der Waals surface area (Å²) in [5.74, 6) is 1.33. The molecular formula is C15H13NO2. The van der Waals surface area contributed by atoms with E-state index in [1.807, 2.05) is 43.5 Å². The number of hydrogen-bond acceptors (Lipinski definition) is 2. The van der Waals surface area contributed by atoms with E-state index in [1.165, 1.54) is 0 Å². The molecule has 0 unspecified atom stereocenters. The highest BCUT2D eigenvalue weighted by Crippen LogP contribution is 2.32. The zero-order valence-electron chi connectivity index (χ0n) is 9.97. The Morgan fingerprint density at radius 1 is 1.06 bits per heavy atom. The molecule has 3 aromatic rings. The molecule has 3 rings (SSSR count). The van der Waals surface area contributed by atoms with E-state index in [9.17, 15) is 5.11 Å². The van der Waals surface area contributed by atoms with Crippen LogP contribution >= 0.6 is 0 Å². The summed E-state index contributed by atoms with van der Waals surface area (Å²) in [6, 6.07) is 13.1. The first-order valence-electron chi connectivity index (χ1n) is 5.77. The lowest BCUT2D eigenvalue weighted by Crippen LogP contribution is -1.85. The van der Waals surface area contributed by atoms with Crippen molar-refractivity contribution in [2.24, 2.45) is 0 Å². The van der Waals surface area contributed by atoms with Gasteiger partial charge in [0.05, 0.1) is 0 Å². The third-order valence-corrected chi connectivity index (χ3v) is 2.87. The number of aryl methyl sites for hydroxylation is 1. The maximum atomic E-state index is 9.79. The zero-order chi connectivity index (χ0) is 12.5. The number of aromatic hydroxyl groups is 1. The summed E-state index contributed by atoms with van der Waals surface area (Å²) in [5, 5.41) is 10.9. The van der Waals surface area contributed by atoms with E-state index < -0.39 is 0 Å². The fourth-order valence-electron chi connectivity index (χ4n) is 1.94. The fourth-order valence-corrected chi connectivity index (χ4v) is 1.94. The van der Waals surface area contributed by atoms with Crippen LogP contribution in [-0.4, -0.2) is 10.1 Å². The van der Waals surface area contributed by atoms with Gasteiger partial charge in [-0.25, -0.2) is 0 Å². The van der Waals surface area contributed by atoms with E-state index in [2.05, 4.69) is 4.98 Å². The number of hydrogen-bond donors (Lipinski definition) is 2. The molecule has 2 aromatic carbocycles. The molecule has 1 aromatic heterocycles. The van der Waals surface area contributed by atoms with Crippen LogP contribution in [0.4, 0.5) is 0 Å². The number of phenolic OH excluding ortho intramolecular Hbond substituents is 1. The summed E-state index contributed by atoms with van der Waals surface area (Å²) in [7, 11) is 0. The number of nitrogens with one attached hydrogen (secondary N) is 1. The normalized spacial score (nSPS) is 10.7. The molecule has 0 saturated carbocycles. The molecule has 1 heterocycles. The highest BCUT2D eigenvalue weighted by atomic mass is 16.5. The van der Waals surface area contributed by atoms with Crippen molar-refractivity contribution >= 4 is 10.9 Å². The van der Waals surface area contributed by atoms with Gasteiger partial charge >= 0.3 is 0 Å². The first-order chi connectivity index (χ1) is 8.72. The average molecular weight is 239 g/mol. The molecule has 0 saturated heterocycles. The molecule has 3 heteroatoms. The van der Waals surface area contributed by atoms with Crippen molar-refractivity contribution in [1.29, 1.82) is 0 Å². The quantitative estimate of drug-likeness (QED) is 0.710. The number of benzene rings is 2. The highest BCUT2D eigenvalue weighted by molar-refractivity contribution is 5.80. The van der Waals surface area contributed by atoms with Gasteiger partial charge in [-0.05, 0) is 48.9 Å². The Labute approximate surface area is 105 Å². The van der Waals surface area contributed by atoms with E-state index in [1.54, 1.807) is 12.1 Å². The molecular weight excluding hydrogens is 226 g/mol. The van der Waals surface area contributed by atoms with Crippen molar-refractivity contribution in [2.75, 3.05) is 0 Å². The van der Waals surface area contributed by atoms with Gasteiger partial charge in [-0.1, -0.05) is 6.07 Å². The molecule has 0 fully saturated rings. The van der Waals surface area contributed by atoms with Crippen LogP contribution in [0.1, 0.15) is 5.56 Å². The van der Waals surface area contributed by atoms with Crippen molar-refractivity contribution in [3.05, 3.63) is 54.2 Å². The Balaban J connectivity index is 1.95. The summed E-state index contributed by atoms with van der Waals surface area (Å²) in [6.45, 7) is 1.93. The number of aromatic nitrogens is 1. The molecule has 0 aliphatic heterocycles. The Bertz CT molecular complexity index is 701. The second-order valence-electron chi connectivity index (χ2n) is 4.30. The third kappa shape index (κ3) is 1.91. The largest absolute Gasteiger partial charge is 0.504 e. The topological polar surface area (TPSA) is 45.2 Å². The maximum Gasteiger partial charge on any atom is 0.169 e. The van der Waals surface area contributed by atoms with Gasteiger partial charge in [-0.15, -0.1) is 0 Å². The average Bonchev–Trinajstić information content (AvgIpc) is 2.80. The monoisotopic (exact) mass is 239 g/mol. The lowest BCUT2D eigenvalue weighted by Gasteiger charge is -2.08. The molecule has 0 amide bonds. The van der Waals surface area contributed by atoms with E-state index >= 15 is 0 Å². The van der Waals surface area contributed by atoms with Gasteiger partial charge in [0.2, 0.25) is 0 Å². The van der Waals surface area contributed by atoms with Gasteiger partial charge in [0.1, 0.15) is 5.75 Å². The van der Waals surface area contributed by atoms with Crippen LogP contribution in [0.15, 0.2) is 48.7 Å². The lowest BCUT2D eigenvalue weighted by molar-refractivity contribution is 0.411. The van der Waals surface area contributed by atoms with Gasteiger partial charge in [0, 0.05) is 17.1 Å². The number of rotatable bonds is 2. The van der Waals surface area contributed by atoms with E-state index in [0.29, 0.717) is 11.5 Å². The number of aromatic amines is 1. The van der Waals surface area contributed by atoms with Crippen LogP contribution in [0.3, 0.4) is 0 Å². The van der Waals surface area contributed by atoms with Crippen molar-refractivity contribution in [3.8, 4) is 17.2 Å². The van der Waals surface area contributed by atoms with Crippen molar-refractivity contribution in [1.82, 2.24) is 4.98 Å². The standard InChI is InChI=1S/C15H13NO2/c1-10-2-5-15(14(17)8-10)18-12-3-4-13-11(9-12)6-7-16-13/h2-9,16-17H,1H3. The highest BCUT2D eigenvalue weighted by Gasteiger charge is 2.04. The molecule has 0 spiro atoms. The molecule has 90 valence electrons. The smallest absolute Gasteiger partial charge is 0.169 e. The van der Waals surface area contributed by atoms with Crippen LogP contribution in [0.5, 0.6) is 17.2 Å². The van der Waals surface area contributed by atoms with Gasteiger partial charge in [0.15, 0.2) is 11.5 Å². The molecule has 0 atom stereocenters. The maximum absolute atomic E-state index is 9.79. The first kappa shape index (κ1) is 10.7. The van der Waals surface area contributed by atoms with Crippen molar-refractivity contribution in [3.63, 3.8) is 0 Å². The molecule has 0 radical (unpaired) electrons. The van der Waals surface area contributed by atoms with Gasteiger partial charge in [-0.3, -0.25) is 0 Å². The fraction of sp³-hybridized carbons (Fsp3) is 0.0667. The summed E-state index contributed by atoms with van der Waals surface area (Å²) in [4.78, 5) is 3.12. The van der Waals surface area contributed by atoms with Gasteiger partial charge in [0.25, 0.3) is 0 Å². The second-order valence-corrected chi connectivity index (χ2v) is 4.30. The number of ether oxygens (including phenoxy) is 1. The molecule has 3 nitrogen and oxygen atoms in total. The predicted molar refractivity (Wildman–Crippen MR) is 71.2 cm³/mol. The zero-order valence-corrected chi connectivity index (χ0v) is 9.97. The first-order valence-corrected chi connectivity index (χ1v) is 5.77. The summed E-state index contributed by atoms with van der Waals surface area (Å²) >= 11 is 0. The number of H-pyrrole nitrogens is 1. The van der Waals surface area contributed by atoms with Crippen LogP contribution in [0, 0.1) is 6.92 Å². The van der Waals surface area contributed by atoms with E-state index in [0.717, 1.165) is 16.5 Å². The Hall–Kier alpha value is -2.42. The SMILES string of the molecule is Cc1ccc(Oc2ccc3[nH]ccc3c2)c(O)c1.